The van der Waals surface area contributed by atoms with Crippen LogP contribution in [-0.2, 0) is 4.79 Å². The van der Waals surface area contributed by atoms with Gasteiger partial charge in [0.2, 0.25) is 0 Å². The van der Waals surface area contributed by atoms with Crippen molar-refractivity contribution in [2.75, 3.05) is 25.0 Å². The number of ether oxygens (including phenoxy) is 1. The van der Waals surface area contributed by atoms with Crippen molar-refractivity contribution < 1.29 is 14.3 Å². The molecule has 8 heteroatoms. The van der Waals surface area contributed by atoms with Crippen LogP contribution in [-0.4, -0.2) is 51.6 Å². The molecule has 24 heavy (non-hydrogen) atoms. The number of anilines is 1. The van der Waals surface area contributed by atoms with E-state index in [1.165, 1.54) is 6.33 Å². The maximum atomic E-state index is 12.8. The van der Waals surface area contributed by atoms with E-state index >= 15 is 0 Å². The number of aromatic amines is 1. The van der Waals surface area contributed by atoms with Crippen LogP contribution in [0.4, 0.5) is 5.69 Å². The molecule has 3 heterocycles. The minimum atomic E-state index is -0.187. The van der Waals surface area contributed by atoms with Crippen molar-refractivity contribution >= 4 is 17.5 Å². The minimum Gasteiger partial charge on any atom is -0.482 e. The molecule has 0 saturated carbocycles. The van der Waals surface area contributed by atoms with Gasteiger partial charge in [-0.05, 0) is 31.0 Å². The second kappa shape index (κ2) is 5.95. The Morgan fingerprint density at radius 1 is 1.38 bits per heavy atom. The van der Waals surface area contributed by atoms with Gasteiger partial charge in [0.1, 0.15) is 17.9 Å². The van der Waals surface area contributed by atoms with Crippen molar-refractivity contribution in [2.24, 2.45) is 0 Å². The van der Waals surface area contributed by atoms with Crippen LogP contribution in [0.2, 0.25) is 0 Å². The lowest BCUT2D eigenvalue weighted by molar-refractivity contribution is -0.118. The Bertz CT molecular complexity index is 774. The summed E-state index contributed by atoms with van der Waals surface area (Å²) in [4.78, 5) is 30.2. The van der Waals surface area contributed by atoms with Gasteiger partial charge in [-0.3, -0.25) is 14.7 Å². The highest BCUT2D eigenvalue weighted by Crippen LogP contribution is 2.30. The number of nitrogens with one attached hydrogen (secondary N) is 2. The van der Waals surface area contributed by atoms with E-state index in [1.807, 2.05) is 4.90 Å². The predicted octanol–water partition coefficient (Wildman–Crippen LogP) is 1.16. The standard InChI is InChI=1S/C16H17N5O3/c22-14-8-24-13-6-10(3-4-12(13)19-14)16(23)21-5-1-2-11(7-21)15-17-9-18-20-15/h3-4,6,9,11H,1-2,5,7-8H2,(H,19,22)(H,17,18,20)/t11-/m0/s1. The maximum absolute atomic E-state index is 12.8. The Kier molecular flexibility index (Phi) is 3.64. The molecular weight excluding hydrogens is 310 g/mol. The average Bonchev–Trinajstić information content (AvgIpc) is 3.15. The lowest BCUT2D eigenvalue weighted by Gasteiger charge is -2.32. The van der Waals surface area contributed by atoms with E-state index in [9.17, 15) is 9.59 Å². The Morgan fingerprint density at radius 2 is 2.29 bits per heavy atom. The first-order valence-corrected chi connectivity index (χ1v) is 7.92. The van der Waals surface area contributed by atoms with E-state index in [1.54, 1.807) is 18.2 Å². The first kappa shape index (κ1) is 14.7. The number of amides is 2. The maximum Gasteiger partial charge on any atom is 0.262 e. The van der Waals surface area contributed by atoms with Crippen molar-refractivity contribution in [2.45, 2.75) is 18.8 Å². The van der Waals surface area contributed by atoms with Crippen molar-refractivity contribution in [3.8, 4) is 5.75 Å². The Labute approximate surface area is 138 Å². The Morgan fingerprint density at radius 3 is 3.12 bits per heavy atom. The normalized spacial score (nSPS) is 20.1. The summed E-state index contributed by atoms with van der Waals surface area (Å²) in [6, 6.07) is 5.11. The zero-order chi connectivity index (χ0) is 16.5. The van der Waals surface area contributed by atoms with E-state index in [0.717, 1.165) is 25.2 Å². The number of benzene rings is 1. The number of carbonyl (C=O) groups is 2. The molecule has 0 spiro atoms. The number of hydrogen-bond acceptors (Lipinski definition) is 5. The van der Waals surface area contributed by atoms with Crippen LogP contribution >= 0.6 is 0 Å². The number of carbonyl (C=O) groups excluding carboxylic acids is 2. The Hall–Kier alpha value is -2.90. The summed E-state index contributed by atoms with van der Waals surface area (Å²) >= 11 is 0. The van der Waals surface area contributed by atoms with Crippen LogP contribution < -0.4 is 10.1 Å². The number of piperidine rings is 1. The van der Waals surface area contributed by atoms with Gasteiger partial charge in [-0.1, -0.05) is 0 Å². The summed E-state index contributed by atoms with van der Waals surface area (Å²) in [5.41, 5.74) is 1.16. The van der Waals surface area contributed by atoms with Crippen LogP contribution in [0, 0.1) is 0 Å². The minimum absolute atomic E-state index is 0.0259. The smallest absolute Gasteiger partial charge is 0.262 e. The lowest BCUT2D eigenvalue weighted by Crippen LogP contribution is -2.39. The molecule has 0 aliphatic carbocycles. The van der Waals surface area contributed by atoms with Gasteiger partial charge in [-0.25, -0.2) is 4.98 Å². The van der Waals surface area contributed by atoms with E-state index in [0.29, 0.717) is 23.5 Å². The van der Waals surface area contributed by atoms with Gasteiger partial charge in [0.25, 0.3) is 11.8 Å². The van der Waals surface area contributed by atoms with Gasteiger partial charge in [-0.2, -0.15) is 5.10 Å². The molecule has 0 radical (unpaired) electrons. The number of fused-ring (bicyclic) bond motifs is 1. The molecule has 2 N–H and O–H groups in total. The van der Waals surface area contributed by atoms with E-state index in [2.05, 4.69) is 20.5 Å². The summed E-state index contributed by atoms with van der Waals surface area (Å²) in [5, 5.41) is 9.50. The zero-order valence-electron chi connectivity index (χ0n) is 13.0. The van der Waals surface area contributed by atoms with Crippen molar-refractivity contribution in [1.82, 2.24) is 20.1 Å². The number of rotatable bonds is 2. The van der Waals surface area contributed by atoms with Gasteiger partial charge in [0.05, 0.1) is 5.69 Å². The molecular formula is C16H17N5O3. The zero-order valence-corrected chi connectivity index (χ0v) is 13.0. The third-order valence-electron chi connectivity index (χ3n) is 4.39. The topological polar surface area (TPSA) is 100 Å². The number of nitrogens with zero attached hydrogens (tertiary/aromatic N) is 3. The van der Waals surface area contributed by atoms with Crippen LogP contribution in [0.1, 0.15) is 34.9 Å². The molecule has 124 valence electrons. The second-order valence-electron chi connectivity index (χ2n) is 6.01. The summed E-state index contributed by atoms with van der Waals surface area (Å²) in [6.07, 6.45) is 3.40. The largest absolute Gasteiger partial charge is 0.482 e. The highest BCUT2D eigenvalue weighted by Gasteiger charge is 2.28. The van der Waals surface area contributed by atoms with Crippen LogP contribution in [0.15, 0.2) is 24.5 Å². The van der Waals surface area contributed by atoms with Crippen LogP contribution in [0.25, 0.3) is 0 Å². The van der Waals surface area contributed by atoms with Gasteiger partial charge in [0, 0.05) is 24.6 Å². The molecule has 1 fully saturated rings. The SMILES string of the molecule is O=C1COc2cc(C(=O)N3CCC[C@H](c4ncn[nH]4)C3)ccc2N1. The molecule has 2 amide bonds. The third-order valence-corrected chi connectivity index (χ3v) is 4.39. The highest BCUT2D eigenvalue weighted by atomic mass is 16.5. The van der Waals surface area contributed by atoms with Crippen molar-refractivity contribution in [3.63, 3.8) is 0 Å². The first-order valence-electron chi connectivity index (χ1n) is 7.92. The van der Waals surface area contributed by atoms with Gasteiger partial charge >= 0.3 is 0 Å². The first-order chi connectivity index (χ1) is 11.7. The molecule has 0 unspecified atom stereocenters. The van der Waals surface area contributed by atoms with Crippen LogP contribution in [0.3, 0.4) is 0 Å². The van der Waals surface area contributed by atoms with Gasteiger partial charge in [0.15, 0.2) is 6.61 Å². The molecule has 4 rings (SSSR count). The highest BCUT2D eigenvalue weighted by molar-refractivity contribution is 5.99. The Balaban J connectivity index is 1.52. The fourth-order valence-electron chi connectivity index (χ4n) is 3.19. The van der Waals surface area contributed by atoms with Crippen LogP contribution in [0.5, 0.6) is 5.75 Å². The second-order valence-corrected chi connectivity index (χ2v) is 6.01. The quantitative estimate of drug-likeness (QED) is 0.862. The number of H-pyrrole nitrogens is 1. The third kappa shape index (κ3) is 2.70. The number of likely N-dealkylation sites (tertiary alicyclic amines) is 1. The van der Waals surface area contributed by atoms with Crippen molar-refractivity contribution in [1.29, 1.82) is 0 Å². The van der Waals surface area contributed by atoms with E-state index in [-0.39, 0.29) is 24.3 Å². The summed E-state index contributed by atoms with van der Waals surface area (Å²) in [6.45, 7) is 1.31. The fourth-order valence-corrected chi connectivity index (χ4v) is 3.19. The number of aromatic nitrogens is 3. The molecule has 1 saturated heterocycles. The molecule has 2 aromatic rings. The summed E-state index contributed by atoms with van der Waals surface area (Å²) < 4.78 is 5.39. The number of hydrogen-bond donors (Lipinski definition) is 2. The van der Waals surface area contributed by atoms with E-state index < -0.39 is 0 Å². The molecule has 0 bridgehead atoms. The van der Waals surface area contributed by atoms with E-state index in [4.69, 9.17) is 4.74 Å². The molecule has 2 aliphatic heterocycles. The fraction of sp³-hybridized carbons (Fsp3) is 0.375. The average molecular weight is 327 g/mol. The summed E-state index contributed by atoms with van der Waals surface area (Å²) in [5.74, 6) is 1.31. The molecule has 1 aromatic heterocycles. The summed E-state index contributed by atoms with van der Waals surface area (Å²) in [7, 11) is 0. The molecule has 2 aliphatic rings. The predicted molar refractivity (Wildman–Crippen MR) is 84.8 cm³/mol. The monoisotopic (exact) mass is 327 g/mol. The van der Waals surface area contributed by atoms with Crippen molar-refractivity contribution in [3.05, 3.63) is 35.9 Å². The molecule has 1 aromatic carbocycles. The lowest BCUT2D eigenvalue weighted by atomic mass is 9.96. The molecule has 8 nitrogen and oxygen atoms in total. The van der Waals surface area contributed by atoms with Gasteiger partial charge < -0.3 is 15.0 Å². The molecule has 1 atom stereocenters. The van der Waals surface area contributed by atoms with Gasteiger partial charge in [-0.15, -0.1) is 0 Å².